The fourth-order valence-corrected chi connectivity index (χ4v) is 2.26. The molecule has 3 nitrogen and oxygen atoms in total. The van der Waals surface area contributed by atoms with Gasteiger partial charge in [-0.15, -0.1) is 0 Å². The van der Waals surface area contributed by atoms with E-state index in [-0.39, 0.29) is 0 Å². The van der Waals surface area contributed by atoms with Crippen LogP contribution in [0.5, 0.6) is 0 Å². The van der Waals surface area contributed by atoms with Gasteiger partial charge in [-0.2, -0.15) is 0 Å². The van der Waals surface area contributed by atoms with Crippen LogP contribution < -0.4 is 5.11 Å². The molecule has 2 aromatic rings. The highest BCUT2D eigenvalue weighted by atomic mass is 35.5. The molecule has 0 aliphatic heterocycles. The summed E-state index contributed by atoms with van der Waals surface area (Å²) in [5, 5.41) is 12.4. The quantitative estimate of drug-likeness (QED) is 0.854. The van der Waals surface area contributed by atoms with Crippen LogP contribution in [0.2, 0.25) is 5.02 Å². The summed E-state index contributed by atoms with van der Waals surface area (Å²) < 4.78 is 0. The maximum absolute atomic E-state index is 11.0. The number of carboxylic acids is 1. The summed E-state index contributed by atoms with van der Waals surface area (Å²) in [4.78, 5) is 15.4. The summed E-state index contributed by atoms with van der Waals surface area (Å²) in [6.45, 7) is 3.76. The van der Waals surface area contributed by atoms with E-state index in [4.69, 9.17) is 11.6 Å². The van der Waals surface area contributed by atoms with Crippen LogP contribution in [0, 0.1) is 6.92 Å². The minimum absolute atomic E-state index is 0.434. The topological polar surface area (TPSA) is 53.0 Å². The zero-order valence-corrected chi connectivity index (χ0v) is 11.0. The standard InChI is InChI=1S/C14H14ClNO2/c1-3-9(14(17)18)13-7-11(15)10-6-8(2)4-5-12(10)16-13/h4-7,9H,3H2,1-2H3,(H,17,18)/p-1. The van der Waals surface area contributed by atoms with Crippen molar-refractivity contribution in [3.8, 4) is 0 Å². The lowest BCUT2D eigenvalue weighted by atomic mass is 10.0. The van der Waals surface area contributed by atoms with E-state index < -0.39 is 11.9 Å². The predicted octanol–water partition coefficient (Wildman–Crippen LogP) is 2.44. The van der Waals surface area contributed by atoms with Gasteiger partial charge in [0.1, 0.15) is 0 Å². The molecule has 1 unspecified atom stereocenters. The largest absolute Gasteiger partial charge is 0.549 e. The number of hydrogen-bond donors (Lipinski definition) is 0. The summed E-state index contributed by atoms with van der Waals surface area (Å²) >= 11 is 6.19. The van der Waals surface area contributed by atoms with E-state index in [1.807, 2.05) is 25.1 Å². The van der Waals surface area contributed by atoms with Gasteiger partial charge in [0.25, 0.3) is 0 Å². The Balaban J connectivity index is 2.62. The smallest absolute Gasteiger partial charge is 0.0720 e. The maximum Gasteiger partial charge on any atom is 0.0720 e. The van der Waals surface area contributed by atoms with Crippen molar-refractivity contribution in [3.63, 3.8) is 0 Å². The van der Waals surface area contributed by atoms with Gasteiger partial charge in [-0.3, -0.25) is 4.98 Å². The van der Waals surface area contributed by atoms with Crippen LogP contribution in [-0.2, 0) is 4.79 Å². The lowest BCUT2D eigenvalue weighted by molar-refractivity contribution is -0.308. The number of hydrogen-bond acceptors (Lipinski definition) is 3. The summed E-state index contributed by atoms with van der Waals surface area (Å²) in [5.41, 5.74) is 2.26. The monoisotopic (exact) mass is 262 g/mol. The number of carbonyl (C=O) groups is 1. The Morgan fingerprint density at radius 1 is 1.44 bits per heavy atom. The molecule has 0 N–H and O–H groups in total. The summed E-state index contributed by atoms with van der Waals surface area (Å²) in [5.74, 6) is -1.83. The Kier molecular flexibility index (Phi) is 3.53. The first-order valence-corrected chi connectivity index (χ1v) is 6.18. The molecule has 1 heterocycles. The lowest BCUT2D eigenvalue weighted by Crippen LogP contribution is -2.29. The van der Waals surface area contributed by atoms with Crippen LogP contribution in [0.1, 0.15) is 30.5 Å². The van der Waals surface area contributed by atoms with E-state index >= 15 is 0 Å². The molecule has 18 heavy (non-hydrogen) atoms. The van der Waals surface area contributed by atoms with E-state index in [0.717, 1.165) is 10.9 Å². The van der Waals surface area contributed by atoms with Crippen molar-refractivity contribution in [2.75, 3.05) is 0 Å². The average Bonchev–Trinajstić information content (AvgIpc) is 2.30. The Hall–Kier alpha value is -1.61. The predicted molar refractivity (Wildman–Crippen MR) is 69.5 cm³/mol. The lowest BCUT2D eigenvalue weighted by Gasteiger charge is -2.16. The fraction of sp³-hybridized carbons (Fsp3) is 0.286. The maximum atomic E-state index is 11.0. The van der Waals surface area contributed by atoms with Crippen molar-refractivity contribution >= 4 is 28.5 Å². The van der Waals surface area contributed by atoms with Crippen molar-refractivity contribution in [1.82, 2.24) is 4.98 Å². The van der Waals surface area contributed by atoms with E-state index in [1.54, 1.807) is 13.0 Å². The number of fused-ring (bicyclic) bond motifs is 1. The first-order chi connectivity index (χ1) is 8.52. The third-order valence-corrected chi connectivity index (χ3v) is 3.30. The summed E-state index contributed by atoms with van der Waals surface area (Å²) in [7, 11) is 0. The van der Waals surface area contributed by atoms with E-state index in [0.29, 0.717) is 22.7 Å². The van der Waals surface area contributed by atoms with Gasteiger partial charge in [0.2, 0.25) is 0 Å². The molecule has 1 atom stereocenters. The molecule has 94 valence electrons. The number of benzene rings is 1. The zero-order chi connectivity index (χ0) is 13.3. The molecule has 1 aromatic carbocycles. The molecule has 0 radical (unpaired) electrons. The van der Waals surface area contributed by atoms with E-state index in [2.05, 4.69) is 4.98 Å². The molecule has 0 aliphatic rings. The first kappa shape index (κ1) is 12.8. The van der Waals surface area contributed by atoms with Crippen LogP contribution in [0.3, 0.4) is 0 Å². The van der Waals surface area contributed by atoms with E-state index in [1.165, 1.54) is 0 Å². The van der Waals surface area contributed by atoms with Crippen molar-refractivity contribution < 1.29 is 9.90 Å². The minimum atomic E-state index is -1.12. The van der Waals surface area contributed by atoms with Crippen LogP contribution in [0.25, 0.3) is 10.9 Å². The molecular formula is C14H13ClNO2-. The zero-order valence-electron chi connectivity index (χ0n) is 10.2. The van der Waals surface area contributed by atoms with Gasteiger partial charge in [0, 0.05) is 11.3 Å². The number of carboxylic acid groups (broad SMARTS) is 1. The highest BCUT2D eigenvalue weighted by Gasteiger charge is 2.14. The third kappa shape index (κ3) is 2.31. The Morgan fingerprint density at radius 2 is 2.17 bits per heavy atom. The van der Waals surface area contributed by atoms with Gasteiger partial charge < -0.3 is 9.90 Å². The van der Waals surface area contributed by atoms with Gasteiger partial charge in [0.05, 0.1) is 22.2 Å². The number of aryl methyl sites for hydroxylation is 1. The van der Waals surface area contributed by atoms with Crippen LogP contribution in [-0.4, -0.2) is 11.0 Å². The van der Waals surface area contributed by atoms with E-state index in [9.17, 15) is 9.90 Å². The number of halogens is 1. The number of carbonyl (C=O) groups excluding carboxylic acids is 1. The molecular weight excluding hydrogens is 250 g/mol. The van der Waals surface area contributed by atoms with Gasteiger partial charge in [-0.25, -0.2) is 0 Å². The fourth-order valence-electron chi connectivity index (χ4n) is 1.99. The molecule has 0 saturated carbocycles. The molecule has 0 saturated heterocycles. The third-order valence-electron chi connectivity index (χ3n) is 2.98. The van der Waals surface area contributed by atoms with Crippen LogP contribution in [0.4, 0.5) is 0 Å². The van der Waals surface area contributed by atoms with Crippen LogP contribution >= 0.6 is 11.6 Å². The molecule has 2 rings (SSSR count). The number of pyridine rings is 1. The molecule has 0 amide bonds. The highest BCUT2D eigenvalue weighted by Crippen LogP contribution is 2.28. The van der Waals surface area contributed by atoms with Gasteiger partial charge in [-0.05, 0) is 31.5 Å². The highest BCUT2D eigenvalue weighted by molar-refractivity contribution is 6.35. The average molecular weight is 263 g/mol. The molecule has 0 bridgehead atoms. The SMILES string of the molecule is CCC(C(=O)[O-])c1cc(Cl)c2cc(C)ccc2n1. The molecule has 0 fully saturated rings. The van der Waals surface area contributed by atoms with Crippen molar-refractivity contribution in [3.05, 3.63) is 40.5 Å². The molecule has 1 aromatic heterocycles. The minimum Gasteiger partial charge on any atom is -0.549 e. The van der Waals surface area contributed by atoms with Gasteiger partial charge >= 0.3 is 0 Å². The van der Waals surface area contributed by atoms with Crippen molar-refractivity contribution in [2.24, 2.45) is 0 Å². The molecule has 4 heteroatoms. The van der Waals surface area contributed by atoms with Crippen molar-refractivity contribution in [1.29, 1.82) is 0 Å². The number of aliphatic carboxylic acids is 1. The second kappa shape index (κ2) is 4.94. The number of nitrogens with zero attached hydrogens (tertiary/aromatic N) is 1. The number of rotatable bonds is 3. The van der Waals surface area contributed by atoms with Gasteiger partial charge in [-0.1, -0.05) is 30.2 Å². The van der Waals surface area contributed by atoms with Gasteiger partial charge in [0.15, 0.2) is 0 Å². The Bertz CT molecular complexity index is 610. The normalized spacial score (nSPS) is 12.6. The first-order valence-electron chi connectivity index (χ1n) is 5.80. The summed E-state index contributed by atoms with van der Waals surface area (Å²) in [6, 6.07) is 7.33. The molecule has 0 aliphatic carbocycles. The second-order valence-electron chi connectivity index (χ2n) is 4.33. The second-order valence-corrected chi connectivity index (χ2v) is 4.74. The van der Waals surface area contributed by atoms with Crippen LogP contribution in [0.15, 0.2) is 24.3 Å². The molecule has 0 spiro atoms. The van der Waals surface area contributed by atoms with Crippen molar-refractivity contribution in [2.45, 2.75) is 26.2 Å². The summed E-state index contributed by atoms with van der Waals surface area (Å²) in [6.07, 6.45) is 0.434. The Morgan fingerprint density at radius 3 is 2.78 bits per heavy atom. The Labute approximate surface area is 110 Å². The number of aromatic nitrogens is 1.